The van der Waals surface area contributed by atoms with Crippen LogP contribution in [-0.4, -0.2) is 12.6 Å². The molecule has 2 unspecified atom stereocenters. The second-order valence-electron chi connectivity index (χ2n) is 5.59. The van der Waals surface area contributed by atoms with Crippen molar-refractivity contribution in [1.29, 1.82) is 0 Å². The van der Waals surface area contributed by atoms with Crippen LogP contribution in [0.5, 0.6) is 0 Å². The fourth-order valence-corrected chi connectivity index (χ4v) is 2.70. The number of esters is 1. The normalized spacial score (nSPS) is 27.1. The molecule has 0 radical (unpaired) electrons. The number of carbonyl (C=O) groups is 1. The molecule has 0 spiro atoms. The highest BCUT2D eigenvalue weighted by Gasteiger charge is 2.24. The van der Waals surface area contributed by atoms with E-state index in [1.54, 1.807) is 0 Å². The van der Waals surface area contributed by atoms with Gasteiger partial charge in [0.25, 0.3) is 0 Å². The van der Waals surface area contributed by atoms with E-state index in [4.69, 9.17) is 4.74 Å². The number of rotatable bonds is 4. The fourth-order valence-electron chi connectivity index (χ4n) is 2.70. The van der Waals surface area contributed by atoms with Gasteiger partial charge in [0.1, 0.15) is 0 Å². The summed E-state index contributed by atoms with van der Waals surface area (Å²) in [5, 5.41) is 0. The van der Waals surface area contributed by atoms with Gasteiger partial charge in [-0.25, -0.2) is 4.79 Å². The van der Waals surface area contributed by atoms with Crippen molar-refractivity contribution >= 4 is 5.97 Å². The van der Waals surface area contributed by atoms with Gasteiger partial charge in [-0.15, -0.1) is 0 Å². The molecule has 0 aromatic heterocycles. The zero-order valence-electron chi connectivity index (χ0n) is 12.1. The molecule has 1 aliphatic carbocycles. The molecule has 2 nitrogen and oxygen atoms in total. The van der Waals surface area contributed by atoms with Crippen LogP contribution in [0.1, 0.15) is 47.0 Å². The molecule has 0 aromatic carbocycles. The van der Waals surface area contributed by atoms with E-state index in [2.05, 4.69) is 26.8 Å². The Morgan fingerprint density at radius 3 is 2.78 bits per heavy atom. The average molecular weight is 250 g/mol. The quantitative estimate of drug-likeness (QED) is 0.554. The third kappa shape index (κ3) is 4.67. The second kappa shape index (κ2) is 7.40. The molecule has 1 saturated carbocycles. The van der Waals surface area contributed by atoms with Crippen molar-refractivity contribution in [2.45, 2.75) is 47.0 Å². The summed E-state index contributed by atoms with van der Waals surface area (Å²) in [5.41, 5.74) is 1.49. The van der Waals surface area contributed by atoms with Crippen LogP contribution in [0.15, 0.2) is 23.8 Å². The summed E-state index contributed by atoms with van der Waals surface area (Å²) in [4.78, 5) is 11.2. The standard InChI is InChI=1S/C16H26O2/c1-5-18-16(17)8-6-7-14-11-13(4)9-10-15(14)12(2)3/h6-8,12-13,15H,5,9-11H2,1-4H3. The maximum Gasteiger partial charge on any atom is 0.330 e. The van der Waals surface area contributed by atoms with E-state index in [0.29, 0.717) is 18.4 Å². The lowest BCUT2D eigenvalue weighted by Crippen LogP contribution is -2.20. The monoisotopic (exact) mass is 250 g/mol. The molecule has 18 heavy (non-hydrogen) atoms. The molecule has 1 fully saturated rings. The van der Waals surface area contributed by atoms with Crippen LogP contribution >= 0.6 is 0 Å². The van der Waals surface area contributed by atoms with E-state index in [-0.39, 0.29) is 5.97 Å². The van der Waals surface area contributed by atoms with E-state index < -0.39 is 0 Å². The van der Waals surface area contributed by atoms with Crippen LogP contribution in [0.4, 0.5) is 0 Å². The largest absolute Gasteiger partial charge is 0.463 e. The van der Waals surface area contributed by atoms with Gasteiger partial charge in [-0.1, -0.05) is 38.5 Å². The van der Waals surface area contributed by atoms with Crippen LogP contribution in [-0.2, 0) is 9.53 Å². The first-order valence-corrected chi connectivity index (χ1v) is 7.08. The minimum atomic E-state index is -0.251. The molecule has 1 rings (SSSR count). The van der Waals surface area contributed by atoms with Gasteiger partial charge in [-0.2, -0.15) is 0 Å². The van der Waals surface area contributed by atoms with E-state index in [1.165, 1.54) is 24.5 Å². The summed E-state index contributed by atoms with van der Waals surface area (Å²) >= 11 is 0. The predicted molar refractivity (Wildman–Crippen MR) is 75.2 cm³/mol. The fraction of sp³-hybridized carbons (Fsp3) is 0.688. The Morgan fingerprint density at radius 2 is 2.17 bits per heavy atom. The molecule has 0 bridgehead atoms. The molecule has 2 heteroatoms. The first-order chi connectivity index (χ1) is 8.54. The van der Waals surface area contributed by atoms with Crippen molar-refractivity contribution in [1.82, 2.24) is 0 Å². The van der Waals surface area contributed by atoms with Crippen molar-refractivity contribution in [3.63, 3.8) is 0 Å². The molecule has 0 N–H and O–H groups in total. The predicted octanol–water partition coefficient (Wildman–Crippen LogP) is 4.12. The van der Waals surface area contributed by atoms with Crippen molar-refractivity contribution in [3.05, 3.63) is 23.8 Å². The van der Waals surface area contributed by atoms with Gasteiger partial charge in [0, 0.05) is 6.08 Å². The van der Waals surface area contributed by atoms with Gasteiger partial charge in [-0.3, -0.25) is 0 Å². The van der Waals surface area contributed by atoms with E-state index in [0.717, 1.165) is 12.3 Å². The zero-order valence-corrected chi connectivity index (χ0v) is 12.1. The second-order valence-corrected chi connectivity index (χ2v) is 5.59. The third-order valence-corrected chi connectivity index (χ3v) is 3.66. The van der Waals surface area contributed by atoms with Crippen molar-refractivity contribution in [2.24, 2.45) is 17.8 Å². The van der Waals surface area contributed by atoms with Crippen molar-refractivity contribution < 1.29 is 9.53 Å². The van der Waals surface area contributed by atoms with Gasteiger partial charge in [-0.05, 0) is 43.9 Å². The van der Waals surface area contributed by atoms with Crippen LogP contribution < -0.4 is 0 Å². The summed E-state index contributed by atoms with van der Waals surface area (Å²) in [6, 6.07) is 0. The molecule has 0 aliphatic heterocycles. The minimum Gasteiger partial charge on any atom is -0.463 e. The molecule has 0 saturated heterocycles. The zero-order chi connectivity index (χ0) is 13.5. The SMILES string of the molecule is CCOC(=O)C=CC=C1CC(C)CCC1C(C)C. The third-order valence-electron chi connectivity index (χ3n) is 3.66. The van der Waals surface area contributed by atoms with Crippen molar-refractivity contribution in [2.75, 3.05) is 6.61 Å². The molecule has 102 valence electrons. The maximum absolute atomic E-state index is 11.2. The Bertz CT molecular complexity index is 326. The Morgan fingerprint density at radius 1 is 1.44 bits per heavy atom. The van der Waals surface area contributed by atoms with E-state index in [1.807, 2.05) is 13.0 Å². The molecule has 2 atom stereocenters. The highest BCUT2D eigenvalue weighted by atomic mass is 16.5. The Hall–Kier alpha value is -1.05. The summed E-state index contributed by atoms with van der Waals surface area (Å²) in [5.74, 6) is 1.87. The number of ether oxygens (including phenoxy) is 1. The smallest absolute Gasteiger partial charge is 0.330 e. The first-order valence-electron chi connectivity index (χ1n) is 7.08. The molecular formula is C16H26O2. The number of hydrogen-bond donors (Lipinski definition) is 0. The summed E-state index contributed by atoms with van der Waals surface area (Å²) in [6.07, 6.45) is 9.25. The maximum atomic E-state index is 11.2. The molecular weight excluding hydrogens is 224 g/mol. The van der Waals surface area contributed by atoms with Crippen LogP contribution in [0.25, 0.3) is 0 Å². The van der Waals surface area contributed by atoms with Gasteiger partial charge in [0.2, 0.25) is 0 Å². The van der Waals surface area contributed by atoms with Gasteiger partial charge in [0.05, 0.1) is 6.61 Å². The molecule has 0 amide bonds. The molecule has 0 aromatic rings. The van der Waals surface area contributed by atoms with Gasteiger partial charge in [0.15, 0.2) is 0 Å². The topological polar surface area (TPSA) is 26.3 Å². The van der Waals surface area contributed by atoms with Crippen LogP contribution in [0.3, 0.4) is 0 Å². The average Bonchev–Trinajstić information content (AvgIpc) is 2.29. The Labute approximate surface area is 111 Å². The van der Waals surface area contributed by atoms with Crippen molar-refractivity contribution in [3.8, 4) is 0 Å². The highest BCUT2D eigenvalue weighted by molar-refractivity contribution is 5.82. The van der Waals surface area contributed by atoms with Crippen LogP contribution in [0.2, 0.25) is 0 Å². The summed E-state index contributed by atoms with van der Waals surface area (Å²) in [6.45, 7) is 9.12. The number of carbonyl (C=O) groups excluding carboxylic acids is 1. The summed E-state index contributed by atoms with van der Waals surface area (Å²) < 4.78 is 4.87. The molecule has 1 aliphatic rings. The Balaban J connectivity index is 2.67. The van der Waals surface area contributed by atoms with Gasteiger partial charge >= 0.3 is 5.97 Å². The highest BCUT2D eigenvalue weighted by Crippen LogP contribution is 2.37. The lowest BCUT2D eigenvalue weighted by Gasteiger charge is -2.32. The molecule has 0 heterocycles. The first kappa shape index (κ1) is 15.0. The number of allylic oxidation sites excluding steroid dienone is 3. The summed E-state index contributed by atoms with van der Waals surface area (Å²) in [7, 11) is 0. The van der Waals surface area contributed by atoms with Gasteiger partial charge < -0.3 is 4.74 Å². The minimum absolute atomic E-state index is 0.251. The lowest BCUT2D eigenvalue weighted by atomic mass is 9.74. The van der Waals surface area contributed by atoms with E-state index in [9.17, 15) is 4.79 Å². The van der Waals surface area contributed by atoms with Crippen LogP contribution in [0, 0.1) is 17.8 Å². The lowest BCUT2D eigenvalue weighted by molar-refractivity contribution is -0.137. The Kier molecular flexibility index (Phi) is 6.17. The van der Waals surface area contributed by atoms with E-state index >= 15 is 0 Å². The number of hydrogen-bond acceptors (Lipinski definition) is 2.